The molecule has 0 spiro atoms. The molecule has 0 radical (unpaired) electrons. The van der Waals surface area contributed by atoms with Gasteiger partial charge in [-0.25, -0.2) is 0 Å². The summed E-state index contributed by atoms with van der Waals surface area (Å²) in [5.41, 5.74) is 0.0732. The van der Waals surface area contributed by atoms with Gasteiger partial charge in [-0.3, -0.25) is 4.79 Å². The lowest BCUT2D eigenvalue weighted by Crippen LogP contribution is -2.38. The predicted molar refractivity (Wildman–Crippen MR) is 77.2 cm³/mol. The van der Waals surface area contributed by atoms with Crippen LogP contribution in [0.1, 0.15) is 37.7 Å². The molecule has 0 aliphatic heterocycles. The number of para-hydroxylation sites is 1. The van der Waals surface area contributed by atoms with Gasteiger partial charge in [-0.1, -0.05) is 31.4 Å². The van der Waals surface area contributed by atoms with Gasteiger partial charge in [0.25, 0.3) is 0 Å². The lowest BCUT2D eigenvalue weighted by Gasteiger charge is -2.35. The van der Waals surface area contributed by atoms with Crippen LogP contribution in [0.2, 0.25) is 0 Å². The van der Waals surface area contributed by atoms with Gasteiger partial charge in [0, 0.05) is 10.5 Å². The van der Waals surface area contributed by atoms with E-state index in [9.17, 15) is 9.90 Å². The van der Waals surface area contributed by atoms with Crippen LogP contribution in [0.15, 0.2) is 23.1 Å². The summed E-state index contributed by atoms with van der Waals surface area (Å²) in [7, 11) is 1.62. The number of rotatable bonds is 4. The third kappa shape index (κ3) is 2.46. The van der Waals surface area contributed by atoms with Crippen molar-refractivity contribution in [3.8, 4) is 5.75 Å². The van der Waals surface area contributed by atoms with E-state index in [4.69, 9.17) is 4.74 Å². The van der Waals surface area contributed by atoms with E-state index in [1.54, 1.807) is 18.9 Å². The summed E-state index contributed by atoms with van der Waals surface area (Å²) in [4.78, 5) is 12.9. The number of benzene rings is 1. The first-order valence-electron chi connectivity index (χ1n) is 6.60. The number of carboxylic acid groups (broad SMARTS) is 1. The molecule has 1 saturated carbocycles. The Morgan fingerprint density at radius 2 is 2.00 bits per heavy atom. The van der Waals surface area contributed by atoms with Crippen LogP contribution in [-0.2, 0) is 10.2 Å². The van der Waals surface area contributed by atoms with Crippen molar-refractivity contribution in [2.75, 3.05) is 13.4 Å². The van der Waals surface area contributed by atoms with Crippen molar-refractivity contribution in [2.24, 2.45) is 0 Å². The van der Waals surface area contributed by atoms with Crippen LogP contribution in [0.4, 0.5) is 0 Å². The zero-order valence-corrected chi connectivity index (χ0v) is 12.3. The van der Waals surface area contributed by atoms with Crippen LogP contribution in [0.25, 0.3) is 0 Å². The normalized spacial score (nSPS) is 18.0. The number of carboxylic acids is 1. The highest BCUT2D eigenvalue weighted by Crippen LogP contribution is 2.46. The van der Waals surface area contributed by atoms with E-state index in [-0.39, 0.29) is 0 Å². The van der Waals surface area contributed by atoms with Crippen LogP contribution in [-0.4, -0.2) is 24.4 Å². The molecule has 19 heavy (non-hydrogen) atoms. The minimum atomic E-state index is -0.769. The largest absolute Gasteiger partial charge is 0.495 e. The molecule has 3 nitrogen and oxygen atoms in total. The van der Waals surface area contributed by atoms with Crippen LogP contribution in [0.5, 0.6) is 5.75 Å². The van der Waals surface area contributed by atoms with Gasteiger partial charge in [0.05, 0.1) is 12.5 Å². The Morgan fingerprint density at radius 1 is 1.32 bits per heavy atom. The zero-order chi connectivity index (χ0) is 13.9. The van der Waals surface area contributed by atoms with Gasteiger partial charge >= 0.3 is 5.97 Å². The Bertz CT molecular complexity index is 464. The molecule has 0 unspecified atom stereocenters. The molecule has 0 amide bonds. The SMILES string of the molecule is COc1c(SC)cccc1C1(C(=O)O)CCCCC1. The maximum absolute atomic E-state index is 11.9. The maximum atomic E-state index is 11.9. The third-order valence-electron chi connectivity index (χ3n) is 4.04. The van der Waals surface area contributed by atoms with Crippen LogP contribution in [0, 0.1) is 0 Å². The molecule has 1 fully saturated rings. The second-order valence-corrected chi connectivity index (χ2v) is 5.84. The van der Waals surface area contributed by atoms with E-state index < -0.39 is 11.4 Å². The molecule has 1 aliphatic rings. The van der Waals surface area contributed by atoms with Gasteiger partial charge in [-0.2, -0.15) is 0 Å². The van der Waals surface area contributed by atoms with Gasteiger partial charge in [0.2, 0.25) is 0 Å². The van der Waals surface area contributed by atoms with Crippen molar-refractivity contribution < 1.29 is 14.6 Å². The lowest BCUT2D eigenvalue weighted by atomic mass is 9.69. The number of hydrogen-bond donors (Lipinski definition) is 1. The summed E-state index contributed by atoms with van der Waals surface area (Å²) in [5.74, 6) is 0.0167. The van der Waals surface area contributed by atoms with Gasteiger partial charge in [-0.05, 0) is 25.2 Å². The Morgan fingerprint density at radius 3 is 2.53 bits per heavy atom. The van der Waals surface area contributed by atoms with E-state index >= 15 is 0 Å². The van der Waals surface area contributed by atoms with Crippen molar-refractivity contribution in [2.45, 2.75) is 42.4 Å². The smallest absolute Gasteiger partial charge is 0.314 e. The highest BCUT2D eigenvalue weighted by atomic mass is 32.2. The van der Waals surface area contributed by atoms with Crippen molar-refractivity contribution in [3.05, 3.63) is 23.8 Å². The van der Waals surface area contributed by atoms with E-state index in [1.807, 2.05) is 24.5 Å². The number of aliphatic carboxylic acids is 1. The van der Waals surface area contributed by atoms with E-state index in [1.165, 1.54) is 0 Å². The van der Waals surface area contributed by atoms with Crippen LogP contribution >= 0.6 is 11.8 Å². The summed E-state index contributed by atoms with van der Waals surface area (Å²) in [5, 5.41) is 9.76. The minimum Gasteiger partial charge on any atom is -0.495 e. The Hall–Kier alpha value is -1.16. The molecule has 0 atom stereocenters. The maximum Gasteiger partial charge on any atom is 0.314 e. The highest BCUT2D eigenvalue weighted by molar-refractivity contribution is 7.98. The molecule has 1 aromatic carbocycles. The summed E-state index contributed by atoms with van der Waals surface area (Å²) in [6.07, 6.45) is 6.46. The van der Waals surface area contributed by atoms with Crippen LogP contribution in [0.3, 0.4) is 0 Å². The summed E-state index contributed by atoms with van der Waals surface area (Å²) >= 11 is 1.59. The first-order chi connectivity index (χ1) is 9.15. The van der Waals surface area contributed by atoms with E-state index in [0.29, 0.717) is 12.8 Å². The van der Waals surface area contributed by atoms with Crippen molar-refractivity contribution in [3.63, 3.8) is 0 Å². The zero-order valence-electron chi connectivity index (χ0n) is 11.4. The van der Waals surface area contributed by atoms with E-state index in [0.717, 1.165) is 35.5 Å². The number of thioether (sulfide) groups is 1. The minimum absolute atomic E-state index is 0.705. The molecule has 0 aromatic heterocycles. The topological polar surface area (TPSA) is 46.5 Å². The van der Waals surface area contributed by atoms with Gasteiger partial charge in [0.15, 0.2) is 0 Å². The van der Waals surface area contributed by atoms with Gasteiger partial charge < -0.3 is 9.84 Å². The highest BCUT2D eigenvalue weighted by Gasteiger charge is 2.43. The monoisotopic (exact) mass is 280 g/mol. The number of hydrogen-bond acceptors (Lipinski definition) is 3. The third-order valence-corrected chi connectivity index (χ3v) is 4.80. The molecule has 2 rings (SSSR count). The Balaban J connectivity index is 2.56. The predicted octanol–water partition coefficient (Wildman–Crippen LogP) is 3.70. The first kappa shape index (κ1) is 14.3. The summed E-state index contributed by atoms with van der Waals surface area (Å²) in [6, 6.07) is 5.83. The summed E-state index contributed by atoms with van der Waals surface area (Å²) in [6.45, 7) is 0. The molecule has 4 heteroatoms. The van der Waals surface area contributed by atoms with Gasteiger partial charge in [-0.15, -0.1) is 11.8 Å². The Labute approximate surface area is 118 Å². The van der Waals surface area contributed by atoms with Gasteiger partial charge in [0.1, 0.15) is 5.75 Å². The fourth-order valence-electron chi connectivity index (χ4n) is 3.02. The van der Waals surface area contributed by atoms with E-state index in [2.05, 4.69) is 0 Å². The number of ether oxygens (including phenoxy) is 1. The molecule has 1 aliphatic carbocycles. The van der Waals surface area contributed by atoms with Crippen molar-refractivity contribution in [1.29, 1.82) is 0 Å². The van der Waals surface area contributed by atoms with Crippen LogP contribution < -0.4 is 4.74 Å². The standard InChI is InChI=1S/C15H20O3S/c1-18-13-11(7-6-8-12(13)19-2)15(14(16)17)9-4-3-5-10-15/h6-8H,3-5,9-10H2,1-2H3,(H,16,17). The molecule has 0 heterocycles. The molecule has 104 valence electrons. The second-order valence-electron chi connectivity index (χ2n) is 4.99. The Kier molecular flexibility index (Phi) is 4.40. The van der Waals surface area contributed by atoms with Crippen molar-refractivity contribution >= 4 is 17.7 Å². The first-order valence-corrected chi connectivity index (χ1v) is 7.83. The fraction of sp³-hybridized carbons (Fsp3) is 0.533. The molecule has 0 saturated heterocycles. The molecular weight excluding hydrogens is 260 g/mol. The quantitative estimate of drug-likeness (QED) is 0.854. The molecule has 1 N–H and O–H groups in total. The number of carbonyl (C=O) groups is 1. The average molecular weight is 280 g/mol. The number of methoxy groups -OCH3 is 1. The molecular formula is C15H20O3S. The lowest BCUT2D eigenvalue weighted by molar-refractivity contribution is -0.145. The molecule has 0 bridgehead atoms. The average Bonchev–Trinajstić information content (AvgIpc) is 2.46. The summed E-state index contributed by atoms with van der Waals surface area (Å²) < 4.78 is 5.51. The second kappa shape index (κ2) is 5.87. The van der Waals surface area contributed by atoms with Crippen molar-refractivity contribution in [1.82, 2.24) is 0 Å². The fourth-order valence-corrected chi connectivity index (χ4v) is 3.61. The molecule has 1 aromatic rings.